The predicted molar refractivity (Wildman–Crippen MR) is 124 cm³/mol. The molecule has 166 valence electrons. The fourth-order valence-electron chi connectivity index (χ4n) is 8.25. The van der Waals surface area contributed by atoms with Crippen LogP contribution in [0.15, 0.2) is 41.8 Å². The molecule has 5 aliphatic rings. The zero-order chi connectivity index (χ0) is 22.0. The number of thiophene rings is 1. The van der Waals surface area contributed by atoms with Gasteiger partial charge in [-0.2, -0.15) is 0 Å². The van der Waals surface area contributed by atoms with Crippen molar-refractivity contribution in [3.8, 4) is 0 Å². The molecule has 5 saturated carbocycles. The molecular formula is C27H34O3S. The molecule has 1 aromatic heterocycles. The maximum absolute atomic E-state index is 13.9. The second kappa shape index (κ2) is 7.16. The SMILES string of the molecule is C=C1C(=C)[C@]23CC[C@H]1CC2[C@]1(CC)CCC[C@@](C)(COC(=O)c2cccs2)C1CC3=O. The molecule has 31 heavy (non-hydrogen) atoms. The van der Waals surface area contributed by atoms with E-state index in [1.807, 2.05) is 17.5 Å². The number of allylic oxidation sites excluding steroid dienone is 2. The van der Waals surface area contributed by atoms with Crippen LogP contribution < -0.4 is 0 Å². The molecule has 4 heteroatoms. The molecule has 5 aliphatic carbocycles. The summed E-state index contributed by atoms with van der Waals surface area (Å²) in [6.45, 7) is 13.8. The fourth-order valence-corrected chi connectivity index (χ4v) is 8.87. The van der Waals surface area contributed by atoms with Crippen molar-refractivity contribution in [1.82, 2.24) is 0 Å². The molecule has 0 amide bonds. The van der Waals surface area contributed by atoms with E-state index in [-0.39, 0.29) is 28.1 Å². The Hall–Kier alpha value is -1.68. The number of ketones is 1. The first-order valence-corrected chi connectivity index (χ1v) is 12.8. The van der Waals surface area contributed by atoms with Gasteiger partial charge in [0.25, 0.3) is 0 Å². The molecule has 1 spiro atoms. The normalized spacial score (nSPS) is 41.6. The quantitative estimate of drug-likeness (QED) is 0.497. The molecule has 6 atom stereocenters. The summed E-state index contributed by atoms with van der Waals surface area (Å²) in [5.74, 6) is 1.26. The molecule has 2 unspecified atom stereocenters. The van der Waals surface area contributed by atoms with Gasteiger partial charge in [0.15, 0.2) is 0 Å². The van der Waals surface area contributed by atoms with Gasteiger partial charge >= 0.3 is 5.97 Å². The first kappa shape index (κ1) is 21.2. The second-order valence-electron chi connectivity index (χ2n) is 10.8. The Kier molecular flexibility index (Phi) is 4.89. The summed E-state index contributed by atoms with van der Waals surface area (Å²) in [6.07, 6.45) is 8.12. The lowest BCUT2D eigenvalue weighted by atomic mass is 9.35. The van der Waals surface area contributed by atoms with E-state index in [1.165, 1.54) is 17.8 Å². The summed E-state index contributed by atoms with van der Waals surface area (Å²) in [7, 11) is 0. The van der Waals surface area contributed by atoms with E-state index in [2.05, 4.69) is 27.0 Å². The number of Topliss-reactive ketones (excluding diaryl/α,β-unsaturated/α-hetero) is 1. The number of ether oxygens (including phenoxy) is 1. The van der Waals surface area contributed by atoms with Crippen LogP contribution >= 0.6 is 11.3 Å². The fraction of sp³-hybridized carbons (Fsp3) is 0.630. The van der Waals surface area contributed by atoms with Gasteiger partial charge in [0, 0.05) is 11.8 Å². The molecule has 0 radical (unpaired) electrons. The third kappa shape index (κ3) is 2.76. The van der Waals surface area contributed by atoms with Crippen LogP contribution in [0.3, 0.4) is 0 Å². The van der Waals surface area contributed by atoms with Crippen LogP contribution in [-0.2, 0) is 9.53 Å². The van der Waals surface area contributed by atoms with E-state index >= 15 is 0 Å². The summed E-state index contributed by atoms with van der Waals surface area (Å²) >= 11 is 1.42. The van der Waals surface area contributed by atoms with Gasteiger partial charge in [0.05, 0.1) is 12.0 Å². The van der Waals surface area contributed by atoms with E-state index in [0.29, 0.717) is 35.5 Å². The number of carbonyl (C=O) groups excluding carboxylic acids is 2. The van der Waals surface area contributed by atoms with Gasteiger partial charge in [-0.3, -0.25) is 4.79 Å². The Labute approximate surface area is 189 Å². The molecule has 0 aromatic carbocycles. The van der Waals surface area contributed by atoms with Crippen molar-refractivity contribution >= 4 is 23.1 Å². The molecule has 1 aromatic rings. The maximum atomic E-state index is 13.9. The van der Waals surface area contributed by atoms with Crippen molar-refractivity contribution in [3.63, 3.8) is 0 Å². The summed E-state index contributed by atoms with van der Waals surface area (Å²) < 4.78 is 5.87. The monoisotopic (exact) mass is 438 g/mol. The van der Waals surface area contributed by atoms with Gasteiger partial charge in [-0.1, -0.05) is 39.5 Å². The average molecular weight is 439 g/mol. The van der Waals surface area contributed by atoms with Gasteiger partial charge in [0.1, 0.15) is 10.7 Å². The third-order valence-electron chi connectivity index (χ3n) is 9.84. The van der Waals surface area contributed by atoms with Crippen LogP contribution in [0.2, 0.25) is 0 Å². The zero-order valence-electron chi connectivity index (χ0n) is 18.9. The maximum Gasteiger partial charge on any atom is 0.348 e. The number of hydrogen-bond donors (Lipinski definition) is 0. The van der Waals surface area contributed by atoms with E-state index < -0.39 is 0 Å². The van der Waals surface area contributed by atoms with Crippen LogP contribution in [0.25, 0.3) is 0 Å². The Bertz CT molecular complexity index is 946. The predicted octanol–water partition coefficient (Wildman–Crippen LogP) is 6.61. The van der Waals surface area contributed by atoms with Crippen molar-refractivity contribution in [2.45, 2.75) is 65.2 Å². The van der Waals surface area contributed by atoms with E-state index in [1.54, 1.807) is 0 Å². The third-order valence-corrected chi connectivity index (χ3v) is 10.7. The first-order valence-electron chi connectivity index (χ1n) is 11.9. The highest BCUT2D eigenvalue weighted by molar-refractivity contribution is 7.11. The lowest BCUT2D eigenvalue weighted by molar-refractivity contribution is -0.183. The van der Waals surface area contributed by atoms with E-state index in [9.17, 15) is 9.59 Å². The average Bonchev–Trinajstić information content (AvgIpc) is 3.31. The van der Waals surface area contributed by atoms with E-state index in [0.717, 1.165) is 49.7 Å². The highest BCUT2D eigenvalue weighted by atomic mass is 32.1. The van der Waals surface area contributed by atoms with E-state index in [4.69, 9.17) is 4.74 Å². The Balaban J connectivity index is 1.49. The van der Waals surface area contributed by atoms with Gasteiger partial charge in [-0.05, 0) is 84.3 Å². The van der Waals surface area contributed by atoms with Crippen LogP contribution in [0.5, 0.6) is 0 Å². The zero-order valence-corrected chi connectivity index (χ0v) is 19.7. The smallest absolute Gasteiger partial charge is 0.348 e. The Morgan fingerprint density at radius 3 is 2.77 bits per heavy atom. The van der Waals surface area contributed by atoms with Crippen molar-refractivity contribution in [3.05, 3.63) is 46.7 Å². The number of rotatable bonds is 4. The molecule has 5 fully saturated rings. The summed E-state index contributed by atoms with van der Waals surface area (Å²) in [4.78, 5) is 27.1. The standard InChI is InChI=1S/C27H34O3S/c1-5-26-11-7-10-25(4,16-30-24(29)20-8-6-13-31-20)21(26)15-23(28)27-12-9-19(14-22(26)27)17(2)18(27)3/h6,8,13,19,21-22H,2-3,5,7,9-12,14-16H2,1,4H3/t19-,21?,22?,25-,26+,27+/m0/s1. The Morgan fingerprint density at radius 2 is 2.06 bits per heavy atom. The highest BCUT2D eigenvalue weighted by Crippen LogP contribution is 2.73. The van der Waals surface area contributed by atoms with Gasteiger partial charge in [-0.15, -0.1) is 11.3 Å². The van der Waals surface area contributed by atoms with Crippen molar-refractivity contribution in [1.29, 1.82) is 0 Å². The minimum atomic E-state index is -0.385. The summed E-state index contributed by atoms with van der Waals surface area (Å²) in [5, 5.41) is 1.90. The van der Waals surface area contributed by atoms with Crippen molar-refractivity contribution in [2.24, 2.45) is 34.0 Å². The van der Waals surface area contributed by atoms with Crippen molar-refractivity contribution in [2.75, 3.05) is 6.61 Å². The Morgan fingerprint density at radius 1 is 1.26 bits per heavy atom. The summed E-state index contributed by atoms with van der Waals surface area (Å²) in [5.41, 5.74) is 1.77. The summed E-state index contributed by atoms with van der Waals surface area (Å²) in [6, 6.07) is 3.70. The molecule has 6 rings (SSSR count). The highest BCUT2D eigenvalue weighted by Gasteiger charge is 2.69. The van der Waals surface area contributed by atoms with Crippen molar-refractivity contribution < 1.29 is 14.3 Å². The molecule has 0 N–H and O–H groups in total. The second-order valence-corrected chi connectivity index (χ2v) is 11.8. The van der Waals surface area contributed by atoms with Crippen LogP contribution in [0, 0.1) is 34.0 Å². The molecule has 1 heterocycles. The first-order chi connectivity index (χ1) is 14.8. The molecular weight excluding hydrogens is 404 g/mol. The lowest BCUT2D eigenvalue weighted by Gasteiger charge is -2.68. The molecule has 0 aliphatic heterocycles. The topological polar surface area (TPSA) is 43.4 Å². The van der Waals surface area contributed by atoms with Gasteiger partial charge in [-0.25, -0.2) is 4.79 Å². The van der Waals surface area contributed by atoms with Gasteiger partial charge in [0.2, 0.25) is 0 Å². The van der Waals surface area contributed by atoms with Crippen LogP contribution in [-0.4, -0.2) is 18.4 Å². The molecule has 3 nitrogen and oxygen atoms in total. The largest absolute Gasteiger partial charge is 0.461 e. The number of fused-ring (bicyclic) bond motifs is 3. The minimum absolute atomic E-state index is 0.124. The molecule has 0 saturated heterocycles. The minimum Gasteiger partial charge on any atom is -0.461 e. The number of carbonyl (C=O) groups is 2. The van der Waals surface area contributed by atoms with Gasteiger partial charge < -0.3 is 4.74 Å². The number of esters is 1. The van der Waals surface area contributed by atoms with Crippen LogP contribution in [0.1, 0.15) is 74.9 Å². The molecule has 2 bridgehead atoms. The lowest BCUT2D eigenvalue weighted by Crippen LogP contribution is -2.65. The van der Waals surface area contributed by atoms with Crippen LogP contribution in [0.4, 0.5) is 0 Å². The number of hydrogen-bond acceptors (Lipinski definition) is 4.